The van der Waals surface area contributed by atoms with Gasteiger partial charge in [-0.15, -0.1) is 0 Å². The molecule has 0 aromatic heterocycles. The van der Waals surface area contributed by atoms with Crippen LogP contribution in [0.25, 0.3) is 0 Å². The topological polar surface area (TPSA) is 67.4 Å². The molecule has 0 bridgehead atoms. The Balaban J connectivity index is 1.83. The molecule has 7 heteroatoms. The van der Waals surface area contributed by atoms with Gasteiger partial charge < -0.3 is 15.4 Å². The van der Waals surface area contributed by atoms with Gasteiger partial charge in [0.1, 0.15) is 12.2 Å². The quantitative estimate of drug-likeness (QED) is 0.766. The van der Waals surface area contributed by atoms with Crippen LogP contribution in [0.2, 0.25) is 10.0 Å². The summed E-state index contributed by atoms with van der Waals surface area (Å²) < 4.78 is 5.06. The van der Waals surface area contributed by atoms with Crippen LogP contribution in [-0.2, 0) is 16.1 Å². The Labute approximate surface area is 149 Å². The minimum atomic E-state index is -0.466. The van der Waals surface area contributed by atoms with Gasteiger partial charge in [0.05, 0.1) is 22.8 Å². The number of anilines is 1. The summed E-state index contributed by atoms with van der Waals surface area (Å²) in [4.78, 5) is 23.7. The van der Waals surface area contributed by atoms with Gasteiger partial charge in [-0.3, -0.25) is 9.59 Å². The third kappa shape index (κ3) is 5.15. The fourth-order valence-corrected chi connectivity index (χ4v) is 2.29. The number of carbonyl (C=O) groups is 2. The zero-order chi connectivity index (χ0) is 17.5. The number of methoxy groups -OCH3 is 1. The van der Waals surface area contributed by atoms with Gasteiger partial charge in [0.2, 0.25) is 11.8 Å². The summed E-state index contributed by atoms with van der Waals surface area (Å²) in [6, 6.07) is 12.2. The van der Waals surface area contributed by atoms with Crippen LogP contribution in [0.5, 0.6) is 5.75 Å². The molecule has 0 aliphatic heterocycles. The van der Waals surface area contributed by atoms with E-state index in [4.69, 9.17) is 27.9 Å². The maximum absolute atomic E-state index is 11.9. The van der Waals surface area contributed by atoms with E-state index in [0.29, 0.717) is 17.3 Å². The average Bonchev–Trinajstić information content (AvgIpc) is 2.57. The van der Waals surface area contributed by atoms with Crippen molar-refractivity contribution in [1.29, 1.82) is 0 Å². The summed E-state index contributed by atoms with van der Waals surface area (Å²) >= 11 is 11.9. The van der Waals surface area contributed by atoms with Crippen molar-refractivity contribution in [1.82, 2.24) is 5.32 Å². The first-order valence-electron chi connectivity index (χ1n) is 7.13. The molecular formula is C17H16Cl2N2O3. The number of hydrogen-bond acceptors (Lipinski definition) is 3. The minimum absolute atomic E-state index is 0.242. The van der Waals surface area contributed by atoms with Crippen molar-refractivity contribution in [2.75, 3.05) is 12.4 Å². The molecule has 2 N–H and O–H groups in total. The van der Waals surface area contributed by atoms with Crippen LogP contribution >= 0.6 is 23.2 Å². The first-order valence-corrected chi connectivity index (χ1v) is 7.88. The molecule has 0 saturated heterocycles. The van der Waals surface area contributed by atoms with E-state index in [9.17, 15) is 9.59 Å². The highest BCUT2D eigenvalue weighted by molar-refractivity contribution is 6.44. The summed E-state index contributed by atoms with van der Waals surface area (Å²) in [5, 5.41) is 5.82. The van der Waals surface area contributed by atoms with Crippen molar-refractivity contribution >= 4 is 40.7 Å². The minimum Gasteiger partial charge on any atom is -0.497 e. The second-order valence-electron chi connectivity index (χ2n) is 4.95. The molecule has 0 fully saturated rings. The van der Waals surface area contributed by atoms with Crippen LogP contribution < -0.4 is 15.4 Å². The highest BCUT2D eigenvalue weighted by atomic mass is 35.5. The van der Waals surface area contributed by atoms with Crippen LogP contribution in [0.15, 0.2) is 42.5 Å². The standard InChI is InChI=1S/C17H16Cl2N2O3/c1-24-12-7-5-11(6-8-12)10-20-15(22)9-16(23)21-14-4-2-3-13(18)17(14)19/h2-8H,9-10H2,1H3,(H,20,22)(H,21,23). The SMILES string of the molecule is COc1ccc(CNC(=O)CC(=O)Nc2cccc(Cl)c2Cl)cc1. The van der Waals surface area contributed by atoms with Gasteiger partial charge in [-0.05, 0) is 29.8 Å². The van der Waals surface area contributed by atoms with Gasteiger partial charge >= 0.3 is 0 Å². The molecule has 0 aliphatic rings. The number of carbonyl (C=O) groups excluding carboxylic acids is 2. The van der Waals surface area contributed by atoms with E-state index < -0.39 is 5.91 Å². The molecule has 0 spiro atoms. The summed E-state index contributed by atoms with van der Waals surface area (Å²) in [6.45, 7) is 0.327. The third-order valence-corrected chi connectivity index (χ3v) is 4.01. The smallest absolute Gasteiger partial charge is 0.233 e. The number of nitrogens with one attached hydrogen (secondary N) is 2. The van der Waals surface area contributed by atoms with Gasteiger partial charge in [-0.25, -0.2) is 0 Å². The van der Waals surface area contributed by atoms with Crippen molar-refractivity contribution in [2.45, 2.75) is 13.0 Å². The molecule has 0 heterocycles. The van der Waals surface area contributed by atoms with E-state index in [1.165, 1.54) is 0 Å². The van der Waals surface area contributed by atoms with E-state index in [-0.39, 0.29) is 17.4 Å². The third-order valence-electron chi connectivity index (χ3n) is 3.20. The van der Waals surface area contributed by atoms with Gasteiger partial charge in [-0.2, -0.15) is 0 Å². The second-order valence-corrected chi connectivity index (χ2v) is 5.74. The van der Waals surface area contributed by atoms with Crippen molar-refractivity contribution in [3.8, 4) is 5.75 Å². The van der Waals surface area contributed by atoms with Crippen LogP contribution in [0.1, 0.15) is 12.0 Å². The van der Waals surface area contributed by atoms with E-state index in [1.54, 1.807) is 37.4 Å². The lowest BCUT2D eigenvalue weighted by Crippen LogP contribution is -2.27. The lowest BCUT2D eigenvalue weighted by molar-refractivity contribution is -0.126. The predicted octanol–water partition coefficient (Wildman–Crippen LogP) is 3.65. The molecule has 24 heavy (non-hydrogen) atoms. The average molecular weight is 367 g/mol. The fraction of sp³-hybridized carbons (Fsp3) is 0.176. The molecule has 0 atom stereocenters. The van der Waals surface area contributed by atoms with E-state index in [2.05, 4.69) is 10.6 Å². The summed E-state index contributed by atoms with van der Waals surface area (Å²) in [5.74, 6) is -0.115. The summed E-state index contributed by atoms with van der Waals surface area (Å²) in [7, 11) is 1.58. The maximum Gasteiger partial charge on any atom is 0.233 e. The van der Waals surface area contributed by atoms with Gasteiger partial charge in [0, 0.05) is 6.54 Å². The molecular weight excluding hydrogens is 351 g/mol. The number of halogens is 2. The zero-order valence-electron chi connectivity index (χ0n) is 12.9. The summed E-state index contributed by atoms with van der Waals surface area (Å²) in [5.41, 5.74) is 1.28. The lowest BCUT2D eigenvalue weighted by Gasteiger charge is -2.09. The molecule has 0 aliphatic carbocycles. The molecule has 5 nitrogen and oxygen atoms in total. The predicted molar refractivity (Wildman–Crippen MR) is 94.5 cm³/mol. The number of benzene rings is 2. The largest absolute Gasteiger partial charge is 0.497 e. The maximum atomic E-state index is 11.9. The Kier molecular flexibility index (Phi) is 6.46. The highest BCUT2D eigenvalue weighted by Crippen LogP contribution is 2.29. The van der Waals surface area contributed by atoms with Crippen molar-refractivity contribution < 1.29 is 14.3 Å². The number of amides is 2. The first-order chi connectivity index (χ1) is 11.5. The van der Waals surface area contributed by atoms with Crippen LogP contribution in [0.4, 0.5) is 5.69 Å². The Morgan fingerprint density at radius 3 is 2.42 bits per heavy atom. The van der Waals surface area contributed by atoms with Crippen molar-refractivity contribution in [2.24, 2.45) is 0 Å². The monoisotopic (exact) mass is 366 g/mol. The number of ether oxygens (including phenoxy) is 1. The Hall–Kier alpha value is -2.24. The van der Waals surface area contributed by atoms with Gasteiger partial charge in [0.25, 0.3) is 0 Å². The fourth-order valence-electron chi connectivity index (χ4n) is 1.95. The van der Waals surface area contributed by atoms with Gasteiger partial charge in [-0.1, -0.05) is 41.4 Å². The molecule has 2 aromatic carbocycles. The van der Waals surface area contributed by atoms with Crippen molar-refractivity contribution in [3.05, 3.63) is 58.1 Å². The molecule has 2 aromatic rings. The van der Waals surface area contributed by atoms with E-state index in [1.807, 2.05) is 12.1 Å². The van der Waals surface area contributed by atoms with Crippen LogP contribution in [-0.4, -0.2) is 18.9 Å². The Bertz CT molecular complexity index is 733. The normalized spacial score (nSPS) is 10.1. The highest BCUT2D eigenvalue weighted by Gasteiger charge is 2.12. The Morgan fingerprint density at radius 2 is 1.75 bits per heavy atom. The number of rotatable bonds is 6. The van der Waals surface area contributed by atoms with E-state index in [0.717, 1.165) is 11.3 Å². The van der Waals surface area contributed by atoms with Crippen molar-refractivity contribution in [3.63, 3.8) is 0 Å². The zero-order valence-corrected chi connectivity index (χ0v) is 14.4. The van der Waals surface area contributed by atoms with E-state index >= 15 is 0 Å². The summed E-state index contributed by atoms with van der Waals surface area (Å²) in [6.07, 6.45) is -0.307. The Morgan fingerprint density at radius 1 is 1.04 bits per heavy atom. The molecule has 2 rings (SSSR count). The van der Waals surface area contributed by atoms with Gasteiger partial charge in [0.15, 0.2) is 0 Å². The second kappa shape index (κ2) is 8.57. The molecule has 126 valence electrons. The van der Waals surface area contributed by atoms with Crippen LogP contribution in [0, 0.1) is 0 Å². The first kappa shape index (κ1) is 18.1. The number of hydrogen-bond donors (Lipinski definition) is 2. The lowest BCUT2D eigenvalue weighted by atomic mass is 10.2. The molecule has 2 amide bonds. The molecule has 0 unspecified atom stereocenters. The molecule has 0 radical (unpaired) electrons. The van der Waals surface area contributed by atoms with Crippen LogP contribution in [0.3, 0.4) is 0 Å². The molecule has 0 saturated carbocycles.